The Morgan fingerprint density at radius 2 is 2.17 bits per heavy atom. The molecule has 2 atom stereocenters. The first-order valence-corrected chi connectivity index (χ1v) is 4.53. The van der Waals surface area contributed by atoms with Crippen LogP contribution in [0.3, 0.4) is 0 Å². The number of hydrogen-bond donors (Lipinski definition) is 0. The van der Waals surface area contributed by atoms with Crippen LogP contribution < -0.4 is 0 Å². The first-order valence-electron chi connectivity index (χ1n) is 4.53. The highest BCUT2D eigenvalue weighted by molar-refractivity contribution is 5.07. The average Bonchev–Trinajstić information content (AvgIpc) is 2.10. The smallest absolute Gasteiger partial charge is 0.0729 e. The molecule has 1 rings (SSSR count). The molecule has 0 radical (unpaired) electrons. The van der Waals surface area contributed by atoms with Gasteiger partial charge in [-0.1, -0.05) is 19.8 Å². The van der Waals surface area contributed by atoms with Crippen molar-refractivity contribution < 1.29 is 0 Å². The third kappa shape index (κ3) is 1.43. The number of nitriles is 2. The Morgan fingerprint density at radius 1 is 1.42 bits per heavy atom. The van der Waals surface area contributed by atoms with Crippen molar-refractivity contribution in [1.29, 1.82) is 10.5 Å². The maximum absolute atomic E-state index is 9.04. The summed E-state index contributed by atoms with van der Waals surface area (Å²) in [5.74, 6) is 0.399. The summed E-state index contributed by atoms with van der Waals surface area (Å²) in [5.41, 5.74) is -0.326. The van der Waals surface area contributed by atoms with Crippen LogP contribution in [0.4, 0.5) is 0 Å². The van der Waals surface area contributed by atoms with Crippen LogP contribution in [0, 0.1) is 34.0 Å². The zero-order valence-corrected chi connectivity index (χ0v) is 7.51. The minimum atomic E-state index is -0.326. The van der Waals surface area contributed by atoms with Gasteiger partial charge in [-0.15, -0.1) is 0 Å². The lowest BCUT2D eigenvalue weighted by Crippen LogP contribution is -2.30. The second-order valence-corrected chi connectivity index (χ2v) is 3.75. The molecular weight excluding hydrogens is 148 g/mol. The molecule has 0 amide bonds. The van der Waals surface area contributed by atoms with Gasteiger partial charge < -0.3 is 0 Å². The van der Waals surface area contributed by atoms with Crippen LogP contribution in [0.5, 0.6) is 0 Å². The topological polar surface area (TPSA) is 47.6 Å². The van der Waals surface area contributed by atoms with Crippen LogP contribution in [-0.4, -0.2) is 0 Å². The number of rotatable bonds is 1. The fourth-order valence-electron chi connectivity index (χ4n) is 2.02. The highest BCUT2D eigenvalue weighted by Gasteiger charge is 2.38. The molecule has 0 saturated heterocycles. The maximum atomic E-state index is 9.04. The van der Waals surface area contributed by atoms with Gasteiger partial charge >= 0.3 is 0 Å². The van der Waals surface area contributed by atoms with Crippen molar-refractivity contribution in [3.63, 3.8) is 0 Å². The van der Waals surface area contributed by atoms with E-state index < -0.39 is 0 Å². The average molecular weight is 162 g/mol. The number of nitrogens with zero attached hydrogens (tertiary/aromatic N) is 2. The van der Waals surface area contributed by atoms with Gasteiger partial charge in [0.25, 0.3) is 0 Å². The summed E-state index contributed by atoms with van der Waals surface area (Å²) < 4.78 is 0. The SMILES string of the molecule is C[C@H]1CCCC[C@@]1(C#N)CC#N. The van der Waals surface area contributed by atoms with Crippen molar-refractivity contribution >= 4 is 0 Å². The van der Waals surface area contributed by atoms with Gasteiger partial charge in [-0.3, -0.25) is 0 Å². The Kier molecular flexibility index (Phi) is 2.71. The normalized spacial score (nSPS) is 35.1. The first kappa shape index (κ1) is 9.07. The molecular formula is C10H14N2. The molecule has 0 N–H and O–H groups in total. The molecule has 0 spiro atoms. The molecule has 1 fully saturated rings. The predicted octanol–water partition coefficient (Wildman–Crippen LogP) is 2.62. The Bertz CT molecular complexity index is 233. The van der Waals surface area contributed by atoms with Gasteiger partial charge in [0.2, 0.25) is 0 Å². The summed E-state index contributed by atoms with van der Waals surface area (Å²) >= 11 is 0. The third-order valence-electron chi connectivity index (χ3n) is 3.07. The largest absolute Gasteiger partial charge is 0.198 e. The molecule has 2 heteroatoms. The highest BCUT2D eigenvalue weighted by Crippen LogP contribution is 2.42. The van der Waals surface area contributed by atoms with Gasteiger partial charge in [-0.2, -0.15) is 10.5 Å². The van der Waals surface area contributed by atoms with E-state index in [2.05, 4.69) is 19.1 Å². The monoisotopic (exact) mass is 162 g/mol. The van der Waals surface area contributed by atoms with E-state index in [1.807, 2.05) is 0 Å². The fraction of sp³-hybridized carbons (Fsp3) is 0.800. The molecule has 2 nitrogen and oxygen atoms in total. The zero-order chi connectivity index (χ0) is 9.03. The summed E-state index contributed by atoms with van der Waals surface area (Å²) in [6.07, 6.45) is 4.76. The second-order valence-electron chi connectivity index (χ2n) is 3.75. The molecule has 0 unspecified atom stereocenters. The zero-order valence-electron chi connectivity index (χ0n) is 7.51. The summed E-state index contributed by atoms with van der Waals surface area (Å²) in [4.78, 5) is 0. The molecule has 64 valence electrons. The van der Waals surface area contributed by atoms with Gasteiger partial charge in [-0.25, -0.2) is 0 Å². The van der Waals surface area contributed by atoms with E-state index in [1.54, 1.807) is 0 Å². The van der Waals surface area contributed by atoms with Crippen LogP contribution >= 0.6 is 0 Å². The van der Waals surface area contributed by atoms with Crippen molar-refractivity contribution in [2.45, 2.75) is 39.0 Å². The minimum Gasteiger partial charge on any atom is -0.198 e. The fourth-order valence-corrected chi connectivity index (χ4v) is 2.02. The van der Waals surface area contributed by atoms with Crippen LogP contribution in [0.25, 0.3) is 0 Å². The van der Waals surface area contributed by atoms with Gasteiger partial charge in [0, 0.05) is 0 Å². The maximum Gasteiger partial charge on any atom is 0.0729 e. The van der Waals surface area contributed by atoms with Crippen molar-refractivity contribution in [1.82, 2.24) is 0 Å². The molecule has 0 aromatic heterocycles. The van der Waals surface area contributed by atoms with Gasteiger partial charge in [-0.05, 0) is 18.8 Å². The van der Waals surface area contributed by atoms with E-state index in [0.29, 0.717) is 12.3 Å². The molecule has 1 saturated carbocycles. The summed E-state index contributed by atoms with van der Waals surface area (Å²) in [7, 11) is 0. The molecule has 0 aromatic carbocycles. The molecule has 1 aliphatic rings. The lowest BCUT2D eigenvalue weighted by Gasteiger charge is -2.34. The molecule has 0 aromatic rings. The summed E-state index contributed by atoms with van der Waals surface area (Å²) in [5, 5.41) is 17.7. The Hall–Kier alpha value is -1.02. The lowest BCUT2D eigenvalue weighted by molar-refractivity contribution is 0.180. The first-order chi connectivity index (χ1) is 5.75. The van der Waals surface area contributed by atoms with Crippen LogP contribution in [0.15, 0.2) is 0 Å². The molecule has 0 aliphatic heterocycles. The standard InChI is InChI=1S/C10H14N2/c1-9-4-2-3-5-10(9,8-12)6-7-11/h9H,2-6H2,1H3/t9-,10-/m0/s1. The highest BCUT2D eigenvalue weighted by atomic mass is 14.4. The lowest BCUT2D eigenvalue weighted by atomic mass is 9.66. The van der Waals surface area contributed by atoms with Crippen molar-refractivity contribution in [2.75, 3.05) is 0 Å². The van der Waals surface area contributed by atoms with Crippen LogP contribution in [0.2, 0.25) is 0 Å². The Labute approximate surface area is 73.8 Å². The van der Waals surface area contributed by atoms with E-state index in [1.165, 1.54) is 6.42 Å². The molecule has 1 aliphatic carbocycles. The van der Waals surface area contributed by atoms with Gasteiger partial charge in [0.15, 0.2) is 0 Å². The Morgan fingerprint density at radius 3 is 2.67 bits per heavy atom. The molecule has 0 bridgehead atoms. The van der Waals surface area contributed by atoms with E-state index in [-0.39, 0.29) is 5.41 Å². The quantitative estimate of drug-likeness (QED) is 0.595. The third-order valence-corrected chi connectivity index (χ3v) is 3.07. The predicted molar refractivity (Wildman–Crippen MR) is 45.9 cm³/mol. The molecule has 0 heterocycles. The minimum absolute atomic E-state index is 0.326. The van der Waals surface area contributed by atoms with Crippen molar-refractivity contribution in [2.24, 2.45) is 11.3 Å². The Balaban J connectivity index is 2.77. The van der Waals surface area contributed by atoms with E-state index in [4.69, 9.17) is 10.5 Å². The van der Waals surface area contributed by atoms with Crippen molar-refractivity contribution in [3.8, 4) is 12.1 Å². The van der Waals surface area contributed by atoms with E-state index in [0.717, 1.165) is 19.3 Å². The van der Waals surface area contributed by atoms with E-state index in [9.17, 15) is 0 Å². The van der Waals surface area contributed by atoms with Crippen molar-refractivity contribution in [3.05, 3.63) is 0 Å². The van der Waals surface area contributed by atoms with Crippen LogP contribution in [0.1, 0.15) is 39.0 Å². The second kappa shape index (κ2) is 3.59. The summed E-state index contributed by atoms with van der Waals surface area (Å²) in [6, 6.07) is 4.48. The van der Waals surface area contributed by atoms with Gasteiger partial charge in [0.05, 0.1) is 24.0 Å². The van der Waals surface area contributed by atoms with E-state index >= 15 is 0 Å². The summed E-state index contributed by atoms with van der Waals surface area (Å²) in [6.45, 7) is 2.10. The van der Waals surface area contributed by atoms with Gasteiger partial charge in [0.1, 0.15) is 0 Å². The molecule has 12 heavy (non-hydrogen) atoms. The number of hydrogen-bond acceptors (Lipinski definition) is 2. The van der Waals surface area contributed by atoms with Crippen LogP contribution in [-0.2, 0) is 0 Å².